The summed E-state index contributed by atoms with van der Waals surface area (Å²) < 4.78 is 37.9. The second-order valence-electron chi connectivity index (χ2n) is 11.6. The minimum atomic E-state index is -3.84. The monoisotopic (exact) mass is 661 g/mol. The van der Waals surface area contributed by atoms with Crippen molar-refractivity contribution in [3.8, 4) is 22.8 Å². The molecule has 0 fully saturated rings. The predicted molar refractivity (Wildman–Crippen MR) is 183 cm³/mol. The average molecular weight is 662 g/mol. The van der Waals surface area contributed by atoms with Crippen molar-refractivity contribution in [1.29, 1.82) is 0 Å². The van der Waals surface area contributed by atoms with Crippen molar-refractivity contribution >= 4 is 21.7 Å². The standard InChI is InChI=1S/C36H40ClN3O5S/c37-30-23-28(19-20-34(30)45-21-13-5-3-1-2-4-6-14-22-46(42,43)44)25-32-36(41)40-26-33(29-17-11-8-12-18-29)38-31(35(40)39-32)24-27-15-9-7-10-16-27/h7-12,15-20,23,26,38H,1-6,13-14,21-22,24-25H2,(H,42,43,44). The van der Waals surface area contributed by atoms with Crippen molar-refractivity contribution in [2.24, 2.45) is 0 Å². The van der Waals surface area contributed by atoms with E-state index in [1.165, 1.54) is 0 Å². The Balaban J connectivity index is 1.18. The van der Waals surface area contributed by atoms with E-state index in [1.807, 2.05) is 72.9 Å². The minimum Gasteiger partial charge on any atom is -0.492 e. The first-order chi connectivity index (χ1) is 22.3. The summed E-state index contributed by atoms with van der Waals surface area (Å²) in [7, 11) is -3.84. The number of aromatic amines is 1. The van der Waals surface area contributed by atoms with Crippen molar-refractivity contribution in [3.63, 3.8) is 0 Å². The molecule has 10 heteroatoms. The largest absolute Gasteiger partial charge is 0.492 e. The molecule has 2 aliphatic rings. The van der Waals surface area contributed by atoms with Crippen LogP contribution in [0.25, 0.3) is 17.1 Å². The van der Waals surface area contributed by atoms with Gasteiger partial charge >= 0.3 is 0 Å². The molecule has 0 aromatic heterocycles. The molecule has 2 N–H and O–H groups in total. The van der Waals surface area contributed by atoms with Gasteiger partial charge in [-0.1, -0.05) is 117 Å². The summed E-state index contributed by atoms with van der Waals surface area (Å²) in [5.41, 5.74) is 5.01. The molecule has 3 aromatic carbocycles. The maximum absolute atomic E-state index is 13.6. The van der Waals surface area contributed by atoms with Gasteiger partial charge < -0.3 is 9.72 Å². The van der Waals surface area contributed by atoms with Crippen LogP contribution in [0.5, 0.6) is 5.75 Å². The van der Waals surface area contributed by atoms with E-state index >= 15 is 0 Å². The van der Waals surface area contributed by atoms with Crippen molar-refractivity contribution in [1.82, 2.24) is 14.5 Å². The lowest BCUT2D eigenvalue weighted by Crippen LogP contribution is -2.17. The van der Waals surface area contributed by atoms with Gasteiger partial charge in [-0.3, -0.25) is 13.9 Å². The number of benzene rings is 3. The molecule has 8 nitrogen and oxygen atoms in total. The molecule has 0 atom stereocenters. The first-order valence-electron chi connectivity index (χ1n) is 15.9. The fourth-order valence-corrected chi connectivity index (χ4v) is 6.40. The molecule has 0 aliphatic carbocycles. The number of imidazole rings is 1. The minimum absolute atomic E-state index is 0.148. The van der Waals surface area contributed by atoms with Crippen LogP contribution in [0.15, 0.2) is 89.9 Å². The van der Waals surface area contributed by atoms with Crippen molar-refractivity contribution in [2.45, 2.75) is 64.2 Å². The van der Waals surface area contributed by atoms with Gasteiger partial charge in [0.05, 0.1) is 28.8 Å². The highest BCUT2D eigenvalue weighted by Gasteiger charge is 2.21. The van der Waals surface area contributed by atoms with E-state index in [0.717, 1.165) is 73.0 Å². The molecule has 0 bridgehead atoms. The number of fused-ring (bicyclic) bond motifs is 1. The summed E-state index contributed by atoms with van der Waals surface area (Å²) in [6, 6.07) is 25.7. The van der Waals surface area contributed by atoms with Gasteiger partial charge in [0.2, 0.25) is 0 Å². The number of nitrogens with one attached hydrogen (secondary N) is 1. The predicted octanol–water partition coefficient (Wildman–Crippen LogP) is 7.89. The number of hydrogen-bond donors (Lipinski definition) is 2. The van der Waals surface area contributed by atoms with E-state index in [0.29, 0.717) is 48.2 Å². The topological polar surface area (TPSA) is 114 Å². The number of ether oxygens (including phenoxy) is 1. The number of unbranched alkanes of at least 4 members (excludes halogenated alkanes) is 7. The van der Waals surface area contributed by atoms with Gasteiger partial charge in [-0.2, -0.15) is 8.42 Å². The third-order valence-electron chi connectivity index (χ3n) is 7.98. The average Bonchev–Trinajstić information content (AvgIpc) is 3.36. The Kier molecular flexibility index (Phi) is 11.7. The SMILES string of the molecule is O=c1c(Cc2ccc(OCCCCCCCCCCS(=O)(=O)O)c(Cl)c2)nc2c(Cc3ccccc3)[nH]c(-c3ccccc3)cn1-2. The Morgan fingerprint density at radius 1 is 0.804 bits per heavy atom. The molecule has 0 radical (unpaired) electrons. The molecule has 3 aromatic rings. The van der Waals surface area contributed by atoms with Crippen LogP contribution in [-0.2, 0) is 23.0 Å². The Labute approximate surface area is 275 Å². The quantitative estimate of drug-likeness (QED) is 0.0774. The lowest BCUT2D eigenvalue weighted by molar-refractivity contribution is 0.304. The molecule has 242 valence electrons. The van der Waals surface area contributed by atoms with Crippen molar-refractivity contribution < 1.29 is 17.7 Å². The van der Waals surface area contributed by atoms with E-state index in [2.05, 4.69) is 17.1 Å². The molecule has 0 spiro atoms. The third-order valence-corrected chi connectivity index (χ3v) is 9.08. The zero-order valence-corrected chi connectivity index (χ0v) is 27.4. The number of hydrogen-bond acceptors (Lipinski definition) is 5. The Bertz CT molecular complexity index is 1840. The molecule has 5 rings (SSSR count). The van der Waals surface area contributed by atoms with Crippen LogP contribution in [0.1, 0.15) is 73.9 Å². The zero-order valence-electron chi connectivity index (χ0n) is 25.8. The van der Waals surface area contributed by atoms with Gasteiger partial charge in [0.1, 0.15) is 11.4 Å². The third kappa shape index (κ3) is 9.55. The van der Waals surface area contributed by atoms with Crippen LogP contribution in [-0.4, -0.2) is 39.9 Å². The molecule has 2 aliphatic heterocycles. The van der Waals surface area contributed by atoms with Crippen LogP contribution in [0.2, 0.25) is 5.02 Å². The van der Waals surface area contributed by atoms with Crippen LogP contribution >= 0.6 is 11.6 Å². The molecule has 0 unspecified atom stereocenters. The molecule has 0 saturated carbocycles. The van der Waals surface area contributed by atoms with Crippen LogP contribution in [0.4, 0.5) is 0 Å². The van der Waals surface area contributed by atoms with E-state index in [1.54, 1.807) is 4.57 Å². The summed E-state index contributed by atoms with van der Waals surface area (Å²) in [4.78, 5) is 22.0. The van der Waals surface area contributed by atoms with Crippen molar-refractivity contribution in [2.75, 3.05) is 12.4 Å². The normalized spacial score (nSPS) is 11.7. The number of rotatable bonds is 17. The molecular formula is C36H40ClN3O5S. The van der Waals surface area contributed by atoms with Gasteiger partial charge in [-0.15, -0.1) is 0 Å². The summed E-state index contributed by atoms with van der Waals surface area (Å²) in [5, 5.41) is 0.503. The molecule has 2 heterocycles. The van der Waals surface area contributed by atoms with Crippen molar-refractivity contribution in [3.05, 3.63) is 123 Å². The fourth-order valence-electron chi connectivity index (χ4n) is 5.57. The summed E-state index contributed by atoms with van der Waals surface area (Å²) >= 11 is 6.58. The smallest absolute Gasteiger partial charge is 0.278 e. The van der Waals surface area contributed by atoms with Gasteiger partial charge in [0.15, 0.2) is 5.82 Å². The van der Waals surface area contributed by atoms with E-state index in [-0.39, 0.29) is 11.3 Å². The van der Waals surface area contributed by atoms with Gasteiger partial charge in [-0.25, -0.2) is 4.98 Å². The van der Waals surface area contributed by atoms with E-state index < -0.39 is 10.1 Å². The Morgan fingerprint density at radius 2 is 1.46 bits per heavy atom. The summed E-state index contributed by atoms with van der Waals surface area (Å²) in [5.74, 6) is 1.08. The Hall–Kier alpha value is -3.92. The number of aromatic nitrogens is 3. The highest BCUT2D eigenvalue weighted by molar-refractivity contribution is 7.85. The van der Waals surface area contributed by atoms with E-state index in [4.69, 9.17) is 25.9 Å². The molecule has 46 heavy (non-hydrogen) atoms. The molecule has 0 saturated heterocycles. The van der Waals surface area contributed by atoms with E-state index in [9.17, 15) is 13.2 Å². The first kappa shape index (κ1) is 33.4. The van der Waals surface area contributed by atoms with Gasteiger partial charge in [0, 0.05) is 19.0 Å². The summed E-state index contributed by atoms with van der Waals surface area (Å²) in [6.07, 6.45) is 10.3. The van der Waals surface area contributed by atoms with Crippen LogP contribution in [0.3, 0.4) is 0 Å². The maximum Gasteiger partial charge on any atom is 0.278 e. The second-order valence-corrected chi connectivity index (χ2v) is 13.6. The molecule has 0 amide bonds. The molecular weight excluding hydrogens is 622 g/mol. The zero-order chi connectivity index (χ0) is 32.4. The number of H-pyrrole nitrogens is 1. The summed E-state index contributed by atoms with van der Waals surface area (Å²) in [6.45, 7) is 0.564. The highest BCUT2D eigenvalue weighted by atomic mass is 35.5. The lowest BCUT2D eigenvalue weighted by Gasteiger charge is -2.13. The van der Waals surface area contributed by atoms with Gasteiger partial charge in [0.25, 0.3) is 15.7 Å². The van der Waals surface area contributed by atoms with Crippen LogP contribution < -0.4 is 10.3 Å². The maximum atomic E-state index is 13.6. The Morgan fingerprint density at radius 3 is 2.13 bits per heavy atom. The fraction of sp³-hybridized carbons (Fsp3) is 0.333. The number of nitrogens with zero attached hydrogens (tertiary/aromatic N) is 2. The lowest BCUT2D eigenvalue weighted by atomic mass is 10.1. The number of halogens is 1. The highest BCUT2D eigenvalue weighted by Crippen LogP contribution is 2.28. The van der Waals surface area contributed by atoms with Crippen LogP contribution in [0, 0.1) is 0 Å². The second kappa shape index (κ2) is 16.1. The first-order valence-corrected chi connectivity index (χ1v) is 17.8. The van der Waals surface area contributed by atoms with Gasteiger partial charge in [-0.05, 0) is 41.7 Å².